The van der Waals surface area contributed by atoms with E-state index in [2.05, 4.69) is 63.7 Å². The van der Waals surface area contributed by atoms with Crippen molar-refractivity contribution in [3.8, 4) is 0 Å². The van der Waals surface area contributed by atoms with E-state index in [1.54, 1.807) is 12.1 Å². The lowest BCUT2D eigenvalue weighted by Gasteiger charge is -2.21. The van der Waals surface area contributed by atoms with Gasteiger partial charge in [-0.25, -0.2) is 0 Å². The molecule has 0 spiro atoms. The van der Waals surface area contributed by atoms with E-state index in [9.17, 15) is 4.57 Å². The maximum Gasteiger partial charge on any atom is 0.361 e. The van der Waals surface area contributed by atoms with Crippen LogP contribution in [0.2, 0.25) is 0 Å². The second-order valence-electron chi connectivity index (χ2n) is 3.93. The molecule has 0 fully saturated rings. The van der Waals surface area contributed by atoms with E-state index in [1.807, 2.05) is 18.2 Å². The van der Waals surface area contributed by atoms with Crippen LogP contribution in [0.15, 0.2) is 30.3 Å². The van der Waals surface area contributed by atoms with E-state index in [0.29, 0.717) is 29.2 Å². The minimum absolute atomic E-state index is 0.0825. The molecule has 0 radical (unpaired) electrons. The highest BCUT2D eigenvalue weighted by Crippen LogP contribution is 2.47. The first-order valence-corrected chi connectivity index (χ1v) is 11.5. The quantitative estimate of drug-likeness (QED) is 0.322. The predicted octanol–water partition coefficient (Wildman–Crippen LogP) is 4.86. The van der Waals surface area contributed by atoms with Crippen LogP contribution in [0.3, 0.4) is 0 Å². The van der Waals surface area contributed by atoms with Gasteiger partial charge in [0.05, 0.1) is 18.5 Å². The van der Waals surface area contributed by atoms with Gasteiger partial charge in [0.25, 0.3) is 0 Å². The number of hydrogen-bond donors (Lipinski definition) is 0. The highest BCUT2D eigenvalue weighted by molar-refractivity contribution is 9.12. The van der Waals surface area contributed by atoms with Gasteiger partial charge in [0, 0.05) is 20.3 Å². The minimum Gasteiger partial charge on any atom is -0.304 e. The third-order valence-corrected chi connectivity index (χ3v) is 8.64. The van der Waals surface area contributed by atoms with Gasteiger partial charge >= 0.3 is 7.60 Å². The Labute approximate surface area is 153 Å². The molecule has 0 bridgehead atoms. The zero-order chi connectivity index (χ0) is 15.0. The molecule has 2 unspecified atom stereocenters. The summed E-state index contributed by atoms with van der Waals surface area (Å²) in [4.78, 5) is 0.165. The summed E-state index contributed by atoms with van der Waals surface area (Å²) < 4.78 is 24.1. The highest BCUT2D eigenvalue weighted by atomic mass is 79.9. The fourth-order valence-corrected chi connectivity index (χ4v) is 3.95. The molecule has 1 aromatic carbocycles. The summed E-state index contributed by atoms with van der Waals surface area (Å²) in [7, 11) is -3.31. The highest BCUT2D eigenvalue weighted by Gasteiger charge is 2.29. The van der Waals surface area contributed by atoms with Crippen LogP contribution in [0, 0.1) is 0 Å². The Morgan fingerprint density at radius 3 is 1.80 bits per heavy atom. The lowest BCUT2D eigenvalue weighted by atomic mass is 10.4. The molecule has 3 nitrogen and oxygen atoms in total. The maximum atomic E-state index is 12.9. The average molecular weight is 558 g/mol. The van der Waals surface area contributed by atoms with Crippen LogP contribution < -0.4 is 5.30 Å². The van der Waals surface area contributed by atoms with Crippen molar-refractivity contribution in [2.24, 2.45) is 0 Å². The molecule has 0 saturated heterocycles. The summed E-state index contributed by atoms with van der Waals surface area (Å²) in [5.74, 6) is 0. The molecule has 0 heterocycles. The molecule has 1 aromatic rings. The monoisotopic (exact) mass is 554 g/mol. The summed E-state index contributed by atoms with van der Waals surface area (Å²) in [5, 5.41) is 2.00. The van der Waals surface area contributed by atoms with E-state index in [4.69, 9.17) is 9.05 Å². The summed E-state index contributed by atoms with van der Waals surface area (Å²) in [5.41, 5.74) is 0. The Balaban J connectivity index is 2.80. The van der Waals surface area contributed by atoms with E-state index in [1.165, 1.54) is 0 Å². The molecule has 8 heteroatoms. The van der Waals surface area contributed by atoms with Crippen LogP contribution in [0.4, 0.5) is 0 Å². The van der Waals surface area contributed by atoms with Gasteiger partial charge in [0.2, 0.25) is 0 Å². The van der Waals surface area contributed by atoms with Gasteiger partial charge in [-0.15, -0.1) is 0 Å². The van der Waals surface area contributed by atoms with E-state index >= 15 is 0 Å². The standard InChI is InChI=1S/C12H15Br4O3P/c13-6-10(15)8-18-20(17,19-9-11(16)7-14)12-4-2-1-3-5-12/h1-5,10-11H,6-9H2. The van der Waals surface area contributed by atoms with Crippen molar-refractivity contribution in [1.82, 2.24) is 0 Å². The smallest absolute Gasteiger partial charge is 0.304 e. The first-order valence-electron chi connectivity index (χ1n) is 5.86. The van der Waals surface area contributed by atoms with Crippen LogP contribution in [0.25, 0.3) is 0 Å². The van der Waals surface area contributed by atoms with Gasteiger partial charge in [-0.3, -0.25) is 4.57 Å². The van der Waals surface area contributed by atoms with Crippen molar-refractivity contribution in [1.29, 1.82) is 0 Å². The largest absolute Gasteiger partial charge is 0.361 e. The minimum atomic E-state index is -3.31. The first-order chi connectivity index (χ1) is 9.51. The SMILES string of the molecule is O=P(OCC(Br)CBr)(OCC(Br)CBr)c1ccccc1. The third-order valence-electron chi connectivity index (χ3n) is 2.26. The van der Waals surface area contributed by atoms with E-state index < -0.39 is 7.60 Å². The van der Waals surface area contributed by atoms with Crippen molar-refractivity contribution >= 4 is 76.6 Å². The molecular weight excluding hydrogens is 543 g/mol. The lowest BCUT2D eigenvalue weighted by Crippen LogP contribution is -2.18. The van der Waals surface area contributed by atoms with Crippen molar-refractivity contribution in [2.45, 2.75) is 9.65 Å². The van der Waals surface area contributed by atoms with Gasteiger partial charge in [0.1, 0.15) is 0 Å². The van der Waals surface area contributed by atoms with Crippen LogP contribution in [-0.2, 0) is 13.6 Å². The Bertz CT molecular complexity index is 414. The number of halogens is 4. The lowest BCUT2D eigenvalue weighted by molar-refractivity contribution is 0.219. The van der Waals surface area contributed by atoms with Gasteiger partial charge in [-0.2, -0.15) is 0 Å². The zero-order valence-electron chi connectivity index (χ0n) is 10.6. The van der Waals surface area contributed by atoms with Crippen LogP contribution >= 0.6 is 71.3 Å². The van der Waals surface area contributed by atoms with Crippen molar-refractivity contribution in [3.63, 3.8) is 0 Å². The molecule has 0 aromatic heterocycles. The molecule has 0 N–H and O–H groups in total. The van der Waals surface area contributed by atoms with Crippen LogP contribution in [0.5, 0.6) is 0 Å². The number of alkyl halides is 4. The number of hydrogen-bond acceptors (Lipinski definition) is 3. The van der Waals surface area contributed by atoms with Crippen LogP contribution in [0.1, 0.15) is 0 Å². The molecule has 0 aliphatic carbocycles. The van der Waals surface area contributed by atoms with Gasteiger partial charge < -0.3 is 9.05 Å². The zero-order valence-corrected chi connectivity index (χ0v) is 17.8. The van der Waals surface area contributed by atoms with Gasteiger partial charge in [0.15, 0.2) is 0 Å². The van der Waals surface area contributed by atoms with Gasteiger partial charge in [-0.05, 0) is 12.1 Å². The van der Waals surface area contributed by atoms with E-state index in [0.717, 1.165) is 0 Å². The number of benzene rings is 1. The summed E-state index contributed by atoms with van der Waals surface area (Å²) >= 11 is 13.5. The Hall–Kier alpha value is 1.29. The van der Waals surface area contributed by atoms with Crippen molar-refractivity contribution < 1.29 is 13.6 Å². The predicted molar refractivity (Wildman–Crippen MR) is 98.6 cm³/mol. The second kappa shape index (κ2) is 10.1. The molecular formula is C12H15Br4O3P. The van der Waals surface area contributed by atoms with Crippen LogP contribution in [-0.4, -0.2) is 33.5 Å². The summed E-state index contributed by atoms with van der Waals surface area (Å²) in [6.07, 6.45) is 0. The fraction of sp³-hybridized carbons (Fsp3) is 0.500. The van der Waals surface area contributed by atoms with Crippen molar-refractivity contribution in [2.75, 3.05) is 23.9 Å². The van der Waals surface area contributed by atoms with E-state index in [-0.39, 0.29) is 9.65 Å². The molecule has 0 aliphatic heterocycles. The molecule has 20 heavy (non-hydrogen) atoms. The summed E-state index contributed by atoms with van der Waals surface area (Å²) in [6, 6.07) is 9.03. The van der Waals surface area contributed by atoms with Gasteiger partial charge in [-0.1, -0.05) is 81.9 Å². The molecule has 2 atom stereocenters. The summed E-state index contributed by atoms with van der Waals surface area (Å²) in [6.45, 7) is 0.609. The van der Waals surface area contributed by atoms with Crippen molar-refractivity contribution in [3.05, 3.63) is 30.3 Å². The molecule has 1 rings (SSSR count). The molecule has 114 valence electrons. The fourth-order valence-electron chi connectivity index (χ4n) is 1.24. The number of rotatable bonds is 9. The molecule has 0 amide bonds. The molecule has 0 saturated carbocycles. The maximum absolute atomic E-state index is 12.9. The first kappa shape index (κ1) is 19.3. The Morgan fingerprint density at radius 1 is 0.950 bits per heavy atom. The third kappa shape index (κ3) is 6.59. The topological polar surface area (TPSA) is 35.5 Å². The second-order valence-corrected chi connectivity index (χ2v) is 9.84. The average Bonchev–Trinajstić information content (AvgIpc) is 2.51. The Kier molecular flexibility index (Phi) is 9.80. The normalized spacial score (nSPS) is 17.4. The molecule has 0 aliphatic rings. The Morgan fingerprint density at radius 2 is 1.40 bits per heavy atom.